The summed E-state index contributed by atoms with van der Waals surface area (Å²) < 4.78 is 5.24. The minimum Gasteiger partial charge on any atom is -0.497 e. The van der Waals surface area contributed by atoms with Crippen LogP contribution in [0.4, 0.5) is 5.69 Å². The summed E-state index contributed by atoms with van der Waals surface area (Å²) in [6.07, 6.45) is 0. The van der Waals surface area contributed by atoms with Crippen molar-refractivity contribution in [1.82, 2.24) is 9.91 Å². The first-order valence-electron chi connectivity index (χ1n) is 6.28. The van der Waals surface area contributed by atoms with Crippen molar-refractivity contribution in [3.63, 3.8) is 0 Å². The molecule has 19 heavy (non-hydrogen) atoms. The van der Waals surface area contributed by atoms with Gasteiger partial charge in [0.1, 0.15) is 10.7 Å². The van der Waals surface area contributed by atoms with Crippen LogP contribution < -0.4 is 15.9 Å². The molecule has 0 atom stereocenters. The number of nitrogens with zero attached hydrogens (tertiary/aromatic N) is 2. The first-order chi connectivity index (χ1) is 9.10. The summed E-state index contributed by atoms with van der Waals surface area (Å²) in [7, 11) is 3.78. The van der Waals surface area contributed by atoms with Crippen molar-refractivity contribution in [2.45, 2.75) is 0 Å². The Morgan fingerprint density at radius 3 is 2.58 bits per heavy atom. The van der Waals surface area contributed by atoms with E-state index in [1.165, 1.54) is 0 Å². The monoisotopic (exact) mass is 280 g/mol. The van der Waals surface area contributed by atoms with Crippen LogP contribution in [0.2, 0.25) is 0 Å². The van der Waals surface area contributed by atoms with E-state index in [0.29, 0.717) is 4.99 Å². The number of rotatable bonds is 4. The second-order valence-electron chi connectivity index (χ2n) is 4.68. The van der Waals surface area contributed by atoms with Crippen LogP contribution in [0, 0.1) is 0 Å². The Morgan fingerprint density at radius 1 is 1.32 bits per heavy atom. The van der Waals surface area contributed by atoms with Gasteiger partial charge >= 0.3 is 0 Å². The molecular formula is C13H20N4OS. The standard InChI is InChI=1S/C13H20N4OS/c1-16-5-7-17(8-6-16)15-12-9-10(18-2)3-4-11(12)13(14)19/h3-4,9,15H,5-8H2,1-2H3,(H2,14,19). The molecule has 0 radical (unpaired) electrons. The maximum absolute atomic E-state index is 5.76. The Kier molecular flexibility index (Phi) is 4.57. The van der Waals surface area contributed by atoms with E-state index in [4.69, 9.17) is 22.7 Å². The van der Waals surface area contributed by atoms with Crippen LogP contribution in [0.15, 0.2) is 18.2 Å². The lowest BCUT2D eigenvalue weighted by molar-refractivity contribution is 0.179. The molecule has 6 heteroatoms. The normalized spacial score (nSPS) is 17.2. The van der Waals surface area contributed by atoms with Gasteiger partial charge in [0.25, 0.3) is 0 Å². The smallest absolute Gasteiger partial charge is 0.121 e. The van der Waals surface area contributed by atoms with Gasteiger partial charge in [0.2, 0.25) is 0 Å². The number of hydrogen-bond donors (Lipinski definition) is 2. The first kappa shape index (κ1) is 14.0. The lowest BCUT2D eigenvalue weighted by atomic mass is 10.1. The van der Waals surface area contributed by atoms with Gasteiger partial charge in [-0.05, 0) is 19.2 Å². The van der Waals surface area contributed by atoms with E-state index >= 15 is 0 Å². The lowest BCUT2D eigenvalue weighted by Gasteiger charge is -2.33. The number of methoxy groups -OCH3 is 1. The molecule has 1 aromatic carbocycles. The summed E-state index contributed by atoms with van der Waals surface area (Å²) in [5.41, 5.74) is 10.9. The van der Waals surface area contributed by atoms with Gasteiger partial charge in [-0.25, -0.2) is 5.01 Å². The number of hydrazine groups is 1. The topological polar surface area (TPSA) is 53.8 Å². The van der Waals surface area contributed by atoms with Gasteiger partial charge in [0.15, 0.2) is 0 Å². The maximum Gasteiger partial charge on any atom is 0.121 e. The van der Waals surface area contributed by atoms with Crippen molar-refractivity contribution in [2.24, 2.45) is 5.73 Å². The van der Waals surface area contributed by atoms with Gasteiger partial charge in [-0.3, -0.25) is 0 Å². The van der Waals surface area contributed by atoms with Gasteiger partial charge in [-0.1, -0.05) is 12.2 Å². The molecule has 5 nitrogen and oxygen atoms in total. The zero-order valence-electron chi connectivity index (χ0n) is 11.3. The predicted octanol–water partition coefficient (Wildman–Crippen LogP) is 0.904. The number of nitrogens with two attached hydrogens (primary N) is 1. The SMILES string of the molecule is COc1ccc(C(N)=S)c(NN2CCN(C)CC2)c1. The molecule has 0 aromatic heterocycles. The van der Waals surface area contributed by atoms with Gasteiger partial charge in [-0.2, -0.15) is 0 Å². The number of benzene rings is 1. The second-order valence-corrected chi connectivity index (χ2v) is 5.12. The highest BCUT2D eigenvalue weighted by Gasteiger charge is 2.15. The molecule has 1 saturated heterocycles. The summed E-state index contributed by atoms with van der Waals surface area (Å²) in [5, 5.41) is 2.18. The van der Waals surface area contributed by atoms with Crippen molar-refractivity contribution < 1.29 is 4.74 Å². The van der Waals surface area contributed by atoms with E-state index in [-0.39, 0.29) is 0 Å². The zero-order chi connectivity index (χ0) is 13.8. The van der Waals surface area contributed by atoms with Crippen molar-refractivity contribution in [1.29, 1.82) is 0 Å². The fraction of sp³-hybridized carbons (Fsp3) is 0.462. The van der Waals surface area contributed by atoms with Crippen molar-refractivity contribution in [3.8, 4) is 5.75 Å². The molecule has 1 heterocycles. The number of piperazine rings is 1. The molecule has 1 aromatic rings. The molecule has 2 rings (SSSR count). The summed E-state index contributed by atoms with van der Waals surface area (Å²) in [4.78, 5) is 2.69. The van der Waals surface area contributed by atoms with Crippen molar-refractivity contribution in [2.75, 3.05) is 45.8 Å². The molecular weight excluding hydrogens is 260 g/mol. The highest BCUT2D eigenvalue weighted by Crippen LogP contribution is 2.23. The minimum absolute atomic E-state index is 0.388. The van der Waals surface area contributed by atoms with Crippen LogP contribution >= 0.6 is 12.2 Å². The van der Waals surface area contributed by atoms with Crippen LogP contribution in [0.1, 0.15) is 5.56 Å². The summed E-state index contributed by atoms with van der Waals surface area (Å²) >= 11 is 5.09. The maximum atomic E-state index is 5.76. The van der Waals surface area contributed by atoms with E-state index in [9.17, 15) is 0 Å². The number of ether oxygens (including phenoxy) is 1. The number of thiocarbonyl (C=S) groups is 1. The zero-order valence-corrected chi connectivity index (χ0v) is 12.2. The number of likely N-dealkylation sites (N-methyl/N-ethyl adjacent to an activating group) is 1. The number of hydrogen-bond acceptors (Lipinski definition) is 5. The third-order valence-corrected chi connectivity index (χ3v) is 3.49. The van der Waals surface area contributed by atoms with Gasteiger partial charge in [0, 0.05) is 37.8 Å². The average molecular weight is 280 g/mol. The van der Waals surface area contributed by atoms with Crippen LogP contribution in [0.25, 0.3) is 0 Å². The van der Waals surface area contributed by atoms with Gasteiger partial charge in [-0.15, -0.1) is 0 Å². The van der Waals surface area contributed by atoms with Crippen molar-refractivity contribution >= 4 is 22.9 Å². The number of nitrogens with one attached hydrogen (secondary N) is 1. The predicted molar refractivity (Wildman–Crippen MR) is 81.6 cm³/mol. The van der Waals surface area contributed by atoms with Gasteiger partial charge in [0.05, 0.1) is 12.8 Å². The van der Waals surface area contributed by atoms with E-state index in [1.54, 1.807) is 7.11 Å². The third kappa shape index (κ3) is 3.56. The Balaban J connectivity index is 2.15. The molecule has 104 valence electrons. The molecule has 0 spiro atoms. The van der Waals surface area contributed by atoms with Crippen LogP contribution in [-0.4, -0.2) is 55.2 Å². The quantitative estimate of drug-likeness (QED) is 0.800. The largest absolute Gasteiger partial charge is 0.497 e. The highest BCUT2D eigenvalue weighted by molar-refractivity contribution is 7.80. The fourth-order valence-corrected chi connectivity index (χ4v) is 2.22. The molecule has 1 aliphatic heterocycles. The minimum atomic E-state index is 0.388. The van der Waals surface area contributed by atoms with Crippen LogP contribution in [0.5, 0.6) is 5.75 Å². The molecule has 0 aliphatic carbocycles. The summed E-state index contributed by atoms with van der Waals surface area (Å²) in [6, 6.07) is 5.68. The van der Waals surface area contributed by atoms with E-state index < -0.39 is 0 Å². The van der Waals surface area contributed by atoms with E-state index in [2.05, 4.69) is 22.4 Å². The lowest BCUT2D eigenvalue weighted by Crippen LogP contribution is -2.47. The van der Waals surface area contributed by atoms with Crippen molar-refractivity contribution in [3.05, 3.63) is 23.8 Å². The Morgan fingerprint density at radius 2 is 2.00 bits per heavy atom. The van der Waals surface area contributed by atoms with Crippen LogP contribution in [-0.2, 0) is 0 Å². The molecule has 0 saturated carbocycles. The number of anilines is 1. The fourth-order valence-electron chi connectivity index (χ4n) is 2.05. The first-order valence-corrected chi connectivity index (χ1v) is 6.69. The highest BCUT2D eigenvalue weighted by atomic mass is 32.1. The summed E-state index contributed by atoms with van der Waals surface area (Å²) in [6.45, 7) is 4.01. The van der Waals surface area contributed by atoms with Crippen LogP contribution in [0.3, 0.4) is 0 Å². The molecule has 0 unspecified atom stereocenters. The van der Waals surface area contributed by atoms with Gasteiger partial charge < -0.3 is 20.8 Å². The Labute approximate surface area is 119 Å². The molecule has 1 aliphatic rings. The molecule has 0 bridgehead atoms. The molecule has 0 amide bonds. The Hall–Kier alpha value is -1.37. The molecule has 1 fully saturated rings. The second kappa shape index (κ2) is 6.18. The average Bonchev–Trinajstić information content (AvgIpc) is 2.41. The Bertz CT molecular complexity index is 458. The summed E-state index contributed by atoms with van der Waals surface area (Å²) in [5.74, 6) is 0.789. The van der Waals surface area contributed by atoms with E-state index in [0.717, 1.165) is 43.2 Å². The molecule has 3 N–H and O–H groups in total. The third-order valence-electron chi connectivity index (χ3n) is 3.27. The van der Waals surface area contributed by atoms with E-state index in [1.807, 2.05) is 18.2 Å².